The molecule has 0 radical (unpaired) electrons. The minimum absolute atomic E-state index is 0.513. The zero-order valence-electron chi connectivity index (χ0n) is 13.3. The lowest BCUT2D eigenvalue weighted by molar-refractivity contribution is 0.377. The number of hydrogen-bond acceptors (Lipinski definition) is 3. The lowest BCUT2D eigenvalue weighted by Gasteiger charge is -2.16. The van der Waals surface area contributed by atoms with Crippen molar-refractivity contribution in [1.29, 1.82) is 0 Å². The molecule has 0 atom stereocenters. The van der Waals surface area contributed by atoms with E-state index in [-0.39, 0.29) is 0 Å². The second kappa shape index (κ2) is 6.53. The third-order valence-corrected chi connectivity index (χ3v) is 3.58. The predicted octanol–water partition coefficient (Wildman–Crippen LogP) is 4.50. The van der Waals surface area contributed by atoms with Crippen LogP contribution < -0.4 is 14.2 Å². The molecular formula is C18H22O3. The van der Waals surface area contributed by atoms with Crippen LogP contribution >= 0.6 is 0 Å². The zero-order valence-corrected chi connectivity index (χ0v) is 13.3. The second-order valence-electron chi connectivity index (χ2n) is 5.18. The highest BCUT2D eigenvalue weighted by molar-refractivity contribution is 5.78. The van der Waals surface area contributed by atoms with Crippen LogP contribution in [0.4, 0.5) is 0 Å². The summed E-state index contributed by atoms with van der Waals surface area (Å²) in [7, 11) is 4.94. The maximum Gasteiger partial charge on any atom is 0.134 e. The maximum atomic E-state index is 5.50. The van der Waals surface area contributed by atoms with Gasteiger partial charge in [-0.3, -0.25) is 0 Å². The van der Waals surface area contributed by atoms with Gasteiger partial charge in [-0.1, -0.05) is 38.1 Å². The molecule has 0 fully saturated rings. The van der Waals surface area contributed by atoms with Gasteiger partial charge < -0.3 is 14.2 Å². The minimum atomic E-state index is 0.513. The van der Waals surface area contributed by atoms with Gasteiger partial charge in [-0.05, 0) is 17.0 Å². The van der Waals surface area contributed by atoms with Crippen LogP contribution in [0.1, 0.15) is 25.3 Å². The summed E-state index contributed by atoms with van der Waals surface area (Å²) in [4.78, 5) is 0. The SMILES string of the molecule is COc1cc(OC)c(-c2ccc(C(C)C)cc2)c(OC)c1. The molecule has 0 unspecified atom stereocenters. The molecule has 21 heavy (non-hydrogen) atoms. The van der Waals surface area contributed by atoms with Crippen molar-refractivity contribution in [3.8, 4) is 28.4 Å². The number of benzene rings is 2. The van der Waals surface area contributed by atoms with Crippen molar-refractivity contribution in [3.63, 3.8) is 0 Å². The van der Waals surface area contributed by atoms with Gasteiger partial charge >= 0.3 is 0 Å². The smallest absolute Gasteiger partial charge is 0.134 e. The summed E-state index contributed by atoms with van der Waals surface area (Å²) in [6, 6.07) is 12.2. The molecular weight excluding hydrogens is 264 g/mol. The van der Waals surface area contributed by atoms with Crippen molar-refractivity contribution < 1.29 is 14.2 Å². The molecule has 0 spiro atoms. The Morgan fingerprint density at radius 1 is 0.762 bits per heavy atom. The van der Waals surface area contributed by atoms with Crippen molar-refractivity contribution in [1.82, 2.24) is 0 Å². The summed E-state index contributed by atoms with van der Waals surface area (Å²) in [6.45, 7) is 4.37. The molecule has 0 amide bonds. The molecule has 0 aliphatic rings. The Kier molecular flexibility index (Phi) is 4.73. The third kappa shape index (κ3) is 3.13. The summed E-state index contributed by atoms with van der Waals surface area (Å²) in [5, 5.41) is 0. The van der Waals surface area contributed by atoms with Gasteiger partial charge in [0.25, 0.3) is 0 Å². The van der Waals surface area contributed by atoms with E-state index in [0.717, 1.165) is 22.6 Å². The Balaban J connectivity index is 2.55. The Bertz CT molecular complexity index is 575. The van der Waals surface area contributed by atoms with Gasteiger partial charge in [0.1, 0.15) is 17.2 Å². The molecule has 2 rings (SSSR count). The largest absolute Gasteiger partial charge is 0.496 e. The van der Waals surface area contributed by atoms with Crippen LogP contribution in [0.5, 0.6) is 17.2 Å². The first-order valence-electron chi connectivity index (χ1n) is 7.01. The molecule has 112 valence electrons. The quantitative estimate of drug-likeness (QED) is 0.809. The summed E-state index contributed by atoms with van der Waals surface area (Å²) in [5.41, 5.74) is 3.32. The van der Waals surface area contributed by atoms with E-state index in [0.29, 0.717) is 11.7 Å². The van der Waals surface area contributed by atoms with E-state index in [1.54, 1.807) is 21.3 Å². The minimum Gasteiger partial charge on any atom is -0.496 e. The van der Waals surface area contributed by atoms with Gasteiger partial charge in [0.2, 0.25) is 0 Å². The fourth-order valence-corrected chi connectivity index (χ4v) is 2.32. The summed E-state index contributed by atoms with van der Waals surface area (Å²) >= 11 is 0. The highest BCUT2D eigenvalue weighted by atomic mass is 16.5. The molecule has 0 aliphatic carbocycles. The summed E-state index contributed by atoms with van der Waals surface area (Å²) in [6.07, 6.45) is 0. The van der Waals surface area contributed by atoms with Crippen molar-refractivity contribution >= 4 is 0 Å². The number of hydrogen-bond donors (Lipinski definition) is 0. The van der Waals surface area contributed by atoms with E-state index in [4.69, 9.17) is 14.2 Å². The predicted molar refractivity (Wildman–Crippen MR) is 85.6 cm³/mol. The van der Waals surface area contributed by atoms with E-state index in [1.807, 2.05) is 12.1 Å². The molecule has 0 heterocycles. The highest BCUT2D eigenvalue weighted by Crippen LogP contribution is 2.41. The van der Waals surface area contributed by atoms with Crippen LogP contribution in [0.3, 0.4) is 0 Å². The van der Waals surface area contributed by atoms with Crippen LogP contribution in [-0.4, -0.2) is 21.3 Å². The van der Waals surface area contributed by atoms with Crippen LogP contribution in [0.25, 0.3) is 11.1 Å². The molecule has 0 bridgehead atoms. The van der Waals surface area contributed by atoms with Crippen molar-refractivity contribution in [3.05, 3.63) is 42.0 Å². The fraction of sp³-hybridized carbons (Fsp3) is 0.333. The lowest BCUT2D eigenvalue weighted by Crippen LogP contribution is -1.95. The maximum absolute atomic E-state index is 5.50. The van der Waals surface area contributed by atoms with Crippen molar-refractivity contribution in [2.45, 2.75) is 19.8 Å². The molecule has 3 nitrogen and oxygen atoms in total. The summed E-state index contributed by atoms with van der Waals surface area (Å²) < 4.78 is 16.3. The molecule has 0 saturated carbocycles. The van der Waals surface area contributed by atoms with Crippen molar-refractivity contribution in [2.24, 2.45) is 0 Å². The Labute approximate surface area is 126 Å². The van der Waals surface area contributed by atoms with Gasteiger partial charge in [0, 0.05) is 12.1 Å². The molecule has 0 aromatic heterocycles. The molecule has 0 N–H and O–H groups in total. The van der Waals surface area contributed by atoms with E-state index in [1.165, 1.54) is 5.56 Å². The van der Waals surface area contributed by atoms with Gasteiger partial charge in [-0.25, -0.2) is 0 Å². The lowest BCUT2D eigenvalue weighted by atomic mass is 9.97. The number of rotatable bonds is 5. The van der Waals surface area contributed by atoms with Crippen LogP contribution in [0.15, 0.2) is 36.4 Å². The molecule has 0 saturated heterocycles. The molecule has 3 heteroatoms. The van der Waals surface area contributed by atoms with Gasteiger partial charge in [0.05, 0.1) is 26.9 Å². The average molecular weight is 286 g/mol. The average Bonchev–Trinajstić information content (AvgIpc) is 2.53. The Hall–Kier alpha value is -2.16. The first-order valence-corrected chi connectivity index (χ1v) is 7.01. The fourth-order valence-electron chi connectivity index (χ4n) is 2.32. The van der Waals surface area contributed by atoms with Crippen LogP contribution in [0.2, 0.25) is 0 Å². The Morgan fingerprint density at radius 2 is 1.29 bits per heavy atom. The zero-order chi connectivity index (χ0) is 15.4. The van der Waals surface area contributed by atoms with Crippen molar-refractivity contribution in [2.75, 3.05) is 21.3 Å². The van der Waals surface area contributed by atoms with Crippen LogP contribution in [-0.2, 0) is 0 Å². The molecule has 2 aromatic carbocycles. The highest BCUT2D eigenvalue weighted by Gasteiger charge is 2.15. The van der Waals surface area contributed by atoms with Gasteiger partial charge in [-0.2, -0.15) is 0 Å². The Morgan fingerprint density at radius 3 is 1.67 bits per heavy atom. The summed E-state index contributed by atoms with van der Waals surface area (Å²) in [5.74, 6) is 2.71. The second-order valence-corrected chi connectivity index (χ2v) is 5.18. The van der Waals surface area contributed by atoms with Crippen LogP contribution in [0, 0.1) is 0 Å². The normalized spacial score (nSPS) is 10.6. The van der Waals surface area contributed by atoms with E-state index in [2.05, 4.69) is 38.1 Å². The first kappa shape index (κ1) is 15.2. The standard InChI is InChI=1S/C18H22O3/c1-12(2)13-6-8-14(9-7-13)18-16(20-4)10-15(19-3)11-17(18)21-5/h6-12H,1-5H3. The van der Waals surface area contributed by atoms with Gasteiger partial charge in [0.15, 0.2) is 0 Å². The monoisotopic (exact) mass is 286 g/mol. The number of ether oxygens (including phenoxy) is 3. The third-order valence-electron chi connectivity index (χ3n) is 3.58. The van der Waals surface area contributed by atoms with E-state index < -0.39 is 0 Å². The van der Waals surface area contributed by atoms with E-state index in [9.17, 15) is 0 Å². The molecule has 2 aromatic rings. The topological polar surface area (TPSA) is 27.7 Å². The molecule has 0 aliphatic heterocycles. The van der Waals surface area contributed by atoms with E-state index >= 15 is 0 Å². The first-order chi connectivity index (χ1) is 10.1. The van der Waals surface area contributed by atoms with Gasteiger partial charge in [-0.15, -0.1) is 0 Å². The number of methoxy groups -OCH3 is 3.